The highest BCUT2D eigenvalue weighted by atomic mass is 16.3. The number of furan rings is 1. The highest BCUT2D eigenvalue weighted by molar-refractivity contribution is 6.09. The van der Waals surface area contributed by atoms with Gasteiger partial charge in [0.15, 0.2) is 17.5 Å². The predicted octanol–water partition coefficient (Wildman–Crippen LogP) is 12.5. The van der Waals surface area contributed by atoms with Gasteiger partial charge in [0.25, 0.3) is 0 Å². The number of hydrogen-bond donors (Lipinski definition) is 0. The Morgan fingerprint density at radius 3 is 1.71 bits per heavy atom. The number of aromatic nitrogens is 5. The maximum absolute atomic E-state index is 6.37. The van der Waals surface area contributed by atoms with Gasteiger partial charge in [-0.05, 0) is 52.6 Å². The normalized spacial score (nSPS) is 12.9. The second kappa shape index (κ2) is 13.0. The largest absolute Gasteiger partial charge is 0.455 e. The number of nitrogens with zero attached hydrogens (tertiary/aromatic N) is 5. The zero-order chi connectivity index (χ0) is 38.9. The van der Waals surface area contributed by atoms with E-state index in [-0.39, 0.29) is 0 Å². The number of hydrogen-bond acceptors (Lipinski definition) is 5. The number of imidazole rings is 1. The second-order valence-corrected chi connectivity index (χ2v) is 15.0. The third kappa shape index (κ3) is 5.06. The molecule has 11 aromatic rings. The fourth-order valence-electron chi connectivity index (χ4n) is 9.06. The smallest absolute Gasteiger partial charge is 0.164 e. The van der Waals surface area contributed by atoms with Crippen molar-refractivity contribution in [1.82, 2.24) is 24.5 Å². The Morgan fingerprint density at radius 2 is 0.983 bits per heavy atom. The van der Waals surface area contributed by atoms with Crippen LogP contribution in [0.2, 0.25) is 0 Å². The molecular formula is C53H33N5O. The first-order valence-electron chi connectivity index (χ1n) is 19.8. The molecule has 59 heavy (non-hydrogen) atoms. The summed E-state index contributed by atoms with van der Waals surface area (Å²) in [5.74, 6) is 2.74. The van der Waals surface area contributed by atoms with Crippen LogP contribution in [0.4, 0.5) is 0 Å². The van der Waals surface area contributed by atoms with Crippen molar-refractivity contribution >= 4 is 33.0 Å². The molecule has 3 aromatic heterocycles. The van der Waals surface area contributed by atoms with Gasteiger partial charge in [0.2, 0.25) is 0 Å². The van der Waals surface area contributed by atoms with Crippen molar-refractivity contribution in [2.75, 3.05) is 0 Å². The van der Waals surface area contributed by atoms with Gasteiger partial charge in [-0.2, -0.15) is 0 Å². The topological polar surface area (TPSA) is 69.6 Å². The van der Waals surface area contributed by atoms with Crippen molar-refractivity contribution in [1.29, 1.82) is 0 Å². The molecule has 6 nitrogen and oxygen atoms in total. The van der Waals surface area contributed by atoms with Gasteiger partial charge in [-0.15, -0.1) is 0 Å². The van der Waals surface area contributed by atoms with Crippen LogP contribution in [0, 0.1) is 0 Å². The highest BCUT2D eigenvalue weighted by Crippen LogP contribution is 2.52. The molecule has 0 unspecified atom stereocenters. The molecule has 0 atom stereocenters. The van der Waals surface area contributed by atoms with E-state index in [2.05, 4.69) is 156 Å². The van der Waals surface area contributed by atoms with E-state index in [0.717, 1.165) is 72.3 Å². The summed E-state index contributed by atoms with van der Waals surface area (Å²) in [5.41, 5.74) is 12.5. The molecule has 0 spiro atoms. The lowest BCUT2D eigenvalue weighted by Crippen LogP contribution is -2.29. The molecule has 1 aliphatic heterocycles. The van der Waals surface area contributed by atoms with Gasteiger partial charge >= 0.3 is 0 Å². The maximum Gasteiger partial charge on any atom is 0.164 e. The first-order chi connectivity index (χ1) is 29.2. The summed E-state index contributed by atoms with van der Waals surface area (Å²) < 4.78 is 8.70. The lowest BCUT2D eigenvalue weighted by Gasteiger charge is -2.30. The molecule has 6 heteroatoms. The van der Waals surface area contributed by atoms with E-state index >= 15 is 0 Å². The van der Waals surface area contributed by atoms with Gasteiger partial charge in [-0.3, -0.25) is 4.57 Å². The summed E-state index contributed by atoms with van der Waals surface area (Å²) in [7, 11) is 0. The third-order valence-electron chi connectivity index (χ3n) is 11.7. The molecular weight excluding hydrogens is 723 g/mol. The molecule has 4 heterocycles. The SMILES string of the molecule is c1ccc(-c2nc(-c3ccc(-c4cccc5c4oc4ccccc45)cc3)nc(-c3ccc4c(c3)nc3n4-c4ccccc4C3(c3ccccc3)c3ccccc3)n2)cc1. The van der Waals surface area contributed by atoms with Crippen LogP contribution in [0.3, 0.4) is 0 Å². The Morgan fingerprint density at radius 1 is 0.424 bits per heavy atom. The number of para-hydroxylation sites is 3. The molecule has 0 amide bonds. The maximum atomic E-state index is 6.37. The van der Waals surface area contributed by atoms with E-state index in [1.807, 2.05) is 48.5 Å². The minimum atomic E-state index is -0.610. The molecule has 0 aliphatic carbocycles. The van der Waals surface area contributed by atoms with Gasteiger partial charge < -0.3 is 4.42 Å². The van der Waals surface area contributed by atoms with E-state index in [4.69, 9.17) is 24.4 Å². The molecule has 0 radical (unpaired) electrons. The van der Waals surface area contributed by atoms with Gasteiger partial charge in [0, 0.05) is 33.0 Å². The van der Waals surface area contributed by atoms with Crippen molar-refractivity contribution < 1.29 is 4.42 Å². The van der Waals surface area contributed by atoms with Gasteiger partial charge in [-0.1, -0.05) is 170 Å². The van der Waals surface area contributed by atoms with Crippen LogP contribution in [-0.2, 0) is 5.41 Å². The minimum Gasteiger partial charge on any atom is -0.455 e. The Bertz CT molecular complexity index is 3330. The van der Waals surface area contributed by atoms with Crippen LogP contribution in [0.25, 0.3) is 83.9 Å². The monoisotopic (exact) mass is 755 g/mol. The number of benzene rings is 8. The van der Waals surface area contributed by atoms with Gasteiger partial charge in [0.05, 0.1) is 16.7 Å². The zero-order valence-electron chi connectivity index (χ0n) is 31.7. The fourth-order valence-corrected chi connectivity index (χ4v) is 9.06. The van der Waals surface area contributed by atoms with Crippen LogP contribution in [0.15, 0.2) is 205 Å². The standard InChI is InChI=1S/C53H33N5O/c1-4-15-35(16-5-1)49-55-50(36-29-27-34(28-30-36)40-22-14-23-42-41-21-10-13-26-47(41)59-48(40)42)57-51(56-49)37-31-32-46-44(33-37)54-52-53(38-17-6-2-7-18-38,39-19-8-3-9-20-39)43-24-11-12-25-45(43)58(46)52/h1-33H. The van der Waals surface area contributed by atoms with Crippen molar-refractivity contribution in [3.05, 3.63) is 223 Å². The first kappa shape index (κ1) is 33.2. The third-order valence-corrected chi connectivity index (χ3v) is 11.7. The van der Waals surface area contributed by atoms with E-state index in [0.29, 0.717) is 17.5 Å². The van der Waals surface area contributed by atoms with Crippen LogP contribution >= 0.6 is 0 Å². The van der Waals surface area contributed by atoms with Crippen LogP contribution in [-0.4, -0.2) is 24.5 Å². The minimum absolute atomic E-state index is 0.581. The van der Waals surface area contributed by atoms with Crippen molar-refractivity contribution in [3.8, 4) is 51.0 Å². The lowest BCUT2D eigenvalue weighted by atomic mass is 9.70. The molecule has 0 fully saturated rings. The van der Waals surface area contributed by atoms with E-state index in [1.165, 1.54) is 16.7 Å². The van der Waals surface area contributed by atoms with Gasteiger partial charge in [0.1, 0.15) is 22.4 Å². The van der Waals surface area contributed by atoms with Crippen LogP contribution in [0.1, 0.15) is 22.5 Å². The van der Waals surface area contributed by atoms with Crippen molar-refractivity contribution in [3.63, 3.8) is 0 Å². The van der Waals surface area contributed by atoms with Crippen LogP contribution < -0.4 is 0 Å². The summed E-state index contributed by atoms with van der Waals surface area (Å²) in [4.78, 5) is 20.8. The average molecular weight is 756 g/mol. The van der Waals surface area contributed by atoms with Gasteiger partial charge in [-0.25, -0.2) is 19.9 Å². The van der Waals surface area contributed by atoms with E-state index in [1.54, 1.807) is 0 Å². The first-order valence-corrected chi connectivity index (χ1v) is 19.8. The average Bonchev–Trinajstić information content (AvgIpc) is 3.98. The Labute approximate surface area is 339 Å². The predicted molar refractivity (Wildman–Crippen MR) is 235 cm³/mol. The summed E-state index contributed by atoms with van der Waals surface area (Å²) in [6, 6.07) is 69.5. The zero-order valence-corrected chi connectivity index (χ0v) is 31.7. The molecule has 0 saturated heterocycles. The molecule has 12 rings (SSSR count). The second-order valence-electron chi connectivity index (χ2n) is 15.0. The lowest BCUT2D eigenvalue weighted by molar-refractivity contribution is 0.670. The molecule has 0 saturated carbocycles. The molecule has 8 aromatic carbocycles. The molecule has 276 valence electrons. The molecule has 0 bridgehead atoms. The Balaban J connectivity index is 1.00. The molecule has 0 N–H and O–H groups in total. The summed E-state index contributed by atoms with van der Waals surface area (Å²) >= 11 is 0. The van der Waals surface area contributed by atoms with Crippen molar-refractivity contribution in [2.24, 2.45) is 0 Å². The molecule has 1 aliphatic rings. The van der Waals surface area contributed by atoms with Crippen LogP contribution in [0.5, 0.6) is 0 Å². The van der Waals surface area contributed by atoms with E-state index < -0.39 is 5.41 Å². The summed E-state index contributed by atoms with van der Waals surface area (Å²) in [5, 5.41) is 2.22. The van der Waals surface area contributed by atoms with Crippen molar-refractivity contribution in [2.45, 2.75) is 5.41 Å². The number of fused-ring (bicyclic) bond motifs is 8. The fraction of sp³-hybridized carbons (Fsp3) is 0.0189. The quantitative estimate of drug-likeness (QED) is 0.169. The van der Waals surface area contributed by atoms with E-state index in [9.17, 15) is 0 Å². The Hall–Kier alpha value is -7.96. The summed E-state index contributed by atoms with van der Waals surface area (Å²) in [6.07, 6.45) is 0. The summed E-state index contributed by atoms with van der Waals surface area (Å²) in [6.45, 7) is 0. The Kier molecular flexibility index (Phi) is 7.34. The highest BCUT2D eigenvalue weighted by Gasteiger charge is 2.49. The number of rotatable bonds is 6.